The molecule has 0 amide bonds. The summed E-state index contributed by atoms with van der Waals surface area (Å²) < 4.78 is 18.8. The molecule has 160 valence electrons. The zero-order valence-electron chi connectivity index (χ0n) is 17.2. The second kappa shape index (κ2) is 10.7. The van der Waals surface area contributed by atoms with Crippen LogP contribution in [0.5, 0.6) is 5.75 Å². The quantitative estimate of drug-likeness (QED) is 0.457. The van der Waals surface area contributed by atoms with Crippen molar-refractivity contribution in [2.45, 2.75) is 51.9 Å². The Morgan fingerprint density at radius 2 is 1.87 bits per heavy atom. The number of carbonyl (C=O) groups is 2. The number of ether oxygens (including phenoxy) is 1. The number of hydrogen-bond donors (Lipinski definition) is 0. The summed E-state index contributed by atoms with van der Waals surface area (Å²) in [5.74, 6) is 0.756. The van der Waals surface area contributed by atoms with E-state index < -0.39 is 5.82 Å². The van der Waals surface area contributed by atoms with Crippen LogP contribution in [0.15, 0.2) is 36.4 Å². The molecule has 1 aliphatic rings. The van der Waals surface area contributed by atoms with Gasteiger partial charge in [0.25, 0.3) is 0 Å². The molecule has 1 aromatic heterocycles. The van der Waals surface area contributed by atoms with E-state index in [1.807, 2.05) is 19.1 Å². The number of halogens is 2. The molecule has 3 rings (SSSR count). The van der Waals surface area contributed by atoms with Crippen LogP contribution in [0.25, 0.3) is 0 Å². The summed E-state index contributed by atoms with van der Waals surface area (Å²) in [5, 5.41) is 0.0299. The van der Waals surface area contributed by atoms with Gasteiger partial charge in [-0.1, -0.05) is 30.5 Å². The van der Waals surface area contributed by atoms with Crippen molar-refractivity contribution in [2.24, 2.45) is 11.8 Å². The van der Waals surface area contributed by atoms with Crippen LogP contribution in [0.4, 0.5) is 4.39 Å². The molecule has 0 radical (unpaired) electrons. The minimum absolute atomic E-state index is 0.0227. The molecule has 0 aliphatic heterocycles. The van der Waals surface area contributed by atoms with Crippen LogP contribution in [-0.4, -0.2) is 23.2 Å². The van der Waals surface area contributed by atoms with Gasteiger partial charge >= 0.3 is 0 Å². The van der Waals surface area contributed by atoms with E-state index in [9.17, 15) is 14.0 Å². The van der Waals surface area contributed by atoms with Gasteiger partial charge in [-0.05, 0) is 62.3 Å². The van der Waals surface area contributed by atoms with Crippen molar-refractivity contribution >= 4 is 23.2 Å². The Labute approximate surface area is 181 Å². The molecule has 0 unspecified atom stereocenters. The molecule has 0 atom stereocenters. The third kappa shape index (κ3) is 6.63. The zero-order valence-corrected chi connectivity index (χ0v) is 18.0. The number of aromatic nitrogens is 1. The van der Waals surface area contributed by atoms with Crippen LogP contribution in [0.3, 0.4) is 0 Å². The summed E-state index contributed by atoms with van der Waals surface area (Å²) in [6.45, 7) is 1.83. The minimum atomic E-state index is -0.559. The predicted molar refractivity (Wildman–Crippen MR) is 115 cm³/mol. The van der Waals surface area contributed by atoms with E-state index in [1.165, 1.54) is 12.1 Å². The lowest BCUT2D eigenvalue weighted by molar-refractivity contribution is -0.122. The highest BCUT2D eigenvalue weighted by molar-refractivity contribution is 6.30. The SMILES string of the molecule is Cc1cccc(C(=O)CCC2CCC(CC(=O)COc3ccc(Cl)c(F)c3)CC2)n1. The van der Waals surface area contributed by atoms with Gasteiger partial charge in [-0.2, -0.15) is 0 Å². The average Bonchev–Trinajstić information content (AvgIpc) is 2.74. The van der Waals surface area contributed by atoms with Crippen molar-refractivity contribution in [3.8, 4) is 5.75 Å². The third-order valence-corrected chi connectivity index (χ3v) is 6.03. The average molecular weight is 432 g/mol. The van der Waals surface area contributed by atoms with Crippen molar-refractivity contribution in [2.75, 3.05) is 6.61 Å². The first-order valence-corrected chi connectivity index (χ1v) is 10.8. The summed E-state index contributed by atoms with van der Waals surface area (Å²) in [6.07, 6.45) is 5.93. The van der Waals surface area contributed by atoms with Crippen LogP contribution in [0.2, 0.25) is 5.02 Å². The summed E-state index contributed by atoms with van der Waals surface area (Å²) >= 11 is 5.64. The van der Waals surface area contributed by atoms with Gasteiger partial charge in [-0.25, -0.2) is 4.39 Å². The maximum absolute atomic E-state index is 13.4. The number of carbonyl (C=O) groups excluding carboxylic acids is 2. The number of ketones is 2. The topological polar surface area (TPSA) is 56.3 Å². The van der Waals surface area contributed by atoms with Crippen molar-refractivity contribution in [1.82, 2.24) is 4.98 Å². The molecule has 1 aliphatic carbocycles. The lowest BCUT2D eigenvalue weighted by atomic mass is 9.78. The smallest absolute Gasteiger partial charge is 0.181 e. The molecule has 4 nitrogen and oxygen atoms in total. The number of pyridine rings is 1. The van der Waals surface area contributed by atoms with Crippen LogP contribution < -0.4 is 4.74 Å². The molecule has 0 spiro atoms. The van der Waals surface area contributed by atoms with Crippen LogP contribution >= 0.6 is 11.6 Å². The van der Waals surface area contributed by atoms with Gasteiger partial charge in [0.2, 0.25) is 0 Å². The second-order valence-electron chi connectivity index (χ2n) is 8.12. The first-order chi connectivity index (χ1) is 14.4. The van der Waals surface area contributed by atoms with E-state index in [2.05, 4.69) is 4.98 Å². The van der Waals surface area contributed by atoms with Gasteiger partial charge < -0.3 is 4.74 Å². The van der Waals surface area contributed by atoms with E-state index >= 15 is 0 Å². The summed E-state index contributed by atoms with van der Waals surface area (Å²) in [4.78, 5) is 28.9. The zero-order chi connectivity index (χ0) is 21.5. The maximum Gasteiger partial charge on any atom is 0.181 e. The van der Waals surface area contributed by atoms with Gasteiger partial charge in [0, 0.05) is 24.6 Å². The Morgan fingerprint density at radius 1 is 1.13 bits per heavy atom. The molecule has 6 heteroatoms. The summed E-state index contributed by atoms with van der Waals surface area (Å²) in [6, 6.07) is 9.69. The van der Waals surface area contributed by atoms with E-state index in [-0.39, 0.29) is 23.2 Å². The molecule has 0 saturated heterocycles. The van der Waals surface area contributed by atoms with Crippen LogP contribution in [-0.2, 0) is 4.79 Å². The number of Topliss-reactive ketones (excluding diaryl/α,β-unsaturated/α-hetero) is 2. The van der Waals surface area contributed by atoms with Gasteiger partial charge in [-0.3, -0.25) is 14.6 Å². The summed E-state index contributed by atoms with van der Waals surface area (Å²) in [7, 11) is 0. The molecule has 0 N–H and O–H groups in total. The Hall–Kier alpha value is -2.27. The highest BCUT2D eigenvalue weighted by Gasteiger charge is 2.24. The predicted octanol–water partition coefficient (Wildman–Crippen LogP) is 5.99. The highest BCUT2D eigenvalue weighted by atomic mass is 35.5. The van der Waals surface area contributed by atoms with E-state index in [0.717, 1.165) is 37.8 Å². The third-order valence-electron chi connectivity index (χ3n) is 5.73. The molecule has 1 fully saturated rings. The fraction of sp³-hybridized carbons (Fsp3) is 0.458. The molecule has 2 aromatic rings. The first kappa shape index (κ1) is 22.4. The Morgan fingerprint density at radius 3 is 2.57 bits per heavy atom. The van der Waals surface area contributed by atoms with E-state index in [0.29, 0.717) is 36.1 Å². The van der Waals surface area contributed by atoms with Crippen LogP contribution in [0.1, 0.15) is 61.1 Å². The molecule has 30 heavy (non-hydrogen) atoms. The first-order valence-electron chi connectivity index (χ1n) is 10.5. The van der Waals surface area contributed by atoms with Crippen molar-refractivity contribution in [3.05, 3.63) is 58.6 Å². The Bertz CT molecular complexity index is 894. The van der Waals surface area contributed by atoms with Gasteiger partial charge in [0.15, 0.2) is 11.6 Å². The number of benzene rings is 1. The molecule has 1 heterocycles. The molecular formula is C24H27ClFNO3. The normalized spacial score (nSPS) is 18.8. The second-order valence-corrected chi connectivity index (χ2v) is 8.53. The molecule has 0 bridgehead atoms. The Balaban J connectivity index is 1.35. The minimum Gasteiger partial charge on any atom is -0.486 e. The van der Waals surface area contributed by atoms with Crippen LogP contribution in [0, 0.1) is 24.6 Å². The largest absolute Gasteiger partial charge is 0.486 e. The molecule has 1 saturated carbocycles. The van der Waals surface area contributed by atoms with Gasteiger partial charge in [0.05, 0.1) is 5.02 Å². The standard InChI is InChI=1S/C24H27ClFNO3/c1-16-3-2-4-23(27-16)24(29)12-9-17-5-7-18(8-6-17)13-19(28)15-30-20-10-11-21(25)22(26)14-20/h2-4,10-11,14,17-18H,5-9,12-13,15H2,1H3. The number of nitrogens with zero attached hydrogens (tertiary/aromatic N) is 1. The van der Waals surface area contributed by atoms with Crippen molar-refractivity contribution in [3.63, 3.8) is 0 Å². The number of aryl methyl sites for hydroxylation is 1. The van der Waals surface area contributed by atoms with Crippen molar-refractivity contribution in [1.29, 1.82) is 0 Å². The van der Waals surface area contributed by atoms with E-state index in [1.54, 1.807) is 12.1 Å². The highest BCUT2D eigenvalue weighted by Crippen LogP contribution is 2.33. The Kier molecular flexibility index (Phi) is 7.97. The fourth-order valence-corrected chi connectivity index (χ4v) is 4.11. The van der Waals surface area contributed by atoms with Gasteiger partial charge in [0.1, 0.15) is 23.9 Å². The van der Waals surface area contributed by atoms with Crippen molar-refractivity contribution < 1.29 is 18.7 Å². The number of rotatable bonds is 9. The maximum atomic E-state index is 13.4. The van der Waals surface area contributed by atoms with E-state index in [4.69, 9.17) is 16.3 Å². The lowest BCUT2D eigenvalue weighted by Crippen LogP contribution is -2.21. The number of hydrogen-bond acceptors (Lipinski definition) is 4. The molecule has 1 aromatic carbocycles. The monoisotopic (exact) mass is 431 g/mol. The van der Waals surface area contributed by atoms with Gasteiger partial charge in [-0.15, -0.1) is 0 Å². The lowest BCUT2D eigenvalue weighted by Gasteiger charge is -2.28. The molecular weight excluding hydrogens is 405 g/mol. The fourth-order valence-electron chi connectivity index (χ4n) is 4.00. The summed E-state index contributed by atoms with van der Waals surface area (Å²) in [5.41, 5.74) is 1.41.